The van der Waals surface area contributed by atoms with Crippen LogP contribution in [0, 0.1) is 5.41 Å². The predicted octanol–water partition coefficient (Wildman–Crippen LogP) is 3.10. The van der Waals surface area contributed by atoms with Gasteiger partial charge in [-0.2, -0.15) is 0 Å². The number of carboxylic acid groups (broad SMARTS) is 1. The monoisotopic (exact) mass is 260 g/mol. The van der Waals surface area contributed by atoms with Crippen LogP contribution in [-0.2, 0) is 14.3 Å². The maximum Gasteiger partial charge on any atom is 0.314 e. The summed E-state index contributed by atoms with van der Waals surface area (Å²) in [6.07, 6.45) is 1.36. The number of carboxylic acids is 1. The lowest BCUT2D eigenvalue weighted by atomic mass is 9.86. The Balaban J connectivity index is 4.71. The van der Waals surface area contributed by atoms with Gasteiger partial charge in [-0.15, -0.1) is 0 Å². The van der Waals surface area contributed by atoms with Crippen molar-refractivity contribution in [2.75, 3.05) is 13.2 Å². The van der Waals surface area contributed by atoms with Crippen LogP contribution in [0.3, 0.4) is 0 Å². The quantitative estimate of drug-likeness (QED) is 0.692. The van der Waals surface area contributed by atoms with Gasteiger partial charge in [-0.3, -0.25) is 4.79 Å². The van der Waals surface area contributed by atoms with Gasteiger partial charge >= 0.3 is 5.97 Å². The summed E-state index contributed by atoms with van der Waals surface area (Å²) >= 11 is 0. The number of rotatable bonds is 9. The molecule has 0 saturated carbocycles. The normalized spacial score (nSPS) is 15.7. The summed E-state index contributed by atoms with van der Waals surface area (Å²) in [4.78, 5) is 11.5. The maximum absolute atomic E-state index is 11.5. The van der Waals surface area contributed by atoms with Gasteiger partial charge in [-0.1, -0.05) is 13.8 Å². The highest BCUT2D eigenvalue weighted by Crippen LogP contribution is 2.27. The van der Waals surface area contributed by atoms with Crippen LogP contribution >= 0.6 is 0 Å². The molecule has 4 heteroatoms. The van der Waals surface area contributed by atoms with Crippen molar-refractivity contribution in [2.45, 2.75) is 66.1 Å². The van der Waals surface area contributed by atoms with Crippen LogP contribution in [0.4, 0.5) is 0 Å². The van der Waals surface area contributed by atoms with E-state index in [1.165, 1.54) is 0 Å². The first-order valence-corrected chi connectivity index (χ1v) is 6.68. The Kier molecular flexibility index (Phi) is 6.86. The van der Waals surface area contributed by atoms with Gasteiger partial charge in [0.1, 0.15) is 5.41 Å². The number of carbonyl (C=O) groups is 1. The van der Waals surface area contributed by atoms with Crippen molar-refractivity contribution in [1.29, 1.82) is 0 Å². The van der Waals surface area contributed by atoms with Gasteiger partial charge in [0, 0.05) is 0 Å². The molecule has 0 rings (SSSR count). The molecule has 4 nitrogen and oxygen atoms in total. The lowest BCUT2D eigenvalue weighted by molar-refractivity contribution is -0.166. The molecule has 108 valence electrons. The molecule has 0 saturated heterocycles. The molecule has 0 heterocycles. The number of hydrogen-bond donors (Lipinski definition) is 1. The SMILES string of the molecule is CCC(C)(C)OCC(CC)(COC(C)C)C(=O)O. The molecular weight excluding hydrogens is 232 g/mol. The summed E-state index contributed by atoms with van der Waals surface area (Å²) in [6, 6.07) is 0. The largest absolute Gasteiger partial charge is 0.481 e. The highest BCUT2D eigenvalue weighted by Gasteiger charge is 2.39. The van der Waals surface area contributed by atoms with E-state index in [0.717, 1.165) is 6.42 Å². The molecule has 0 aromatic carbocycles. The average Bonchev–Trinajstić information content (AvgIpc) is 2.29. The molecule has 0 amide bonds. The topological polar surface area (TPSA) is 55.8 Å². The fourth-order valence-electron chi connectivity index (χ4n) is 1.28. The Morgan fingerprint density at radius 2 is 1.72 bits per heavy atom. The van der Waals surface area contributed by atoms with Crippen LogP contribution in [0.2, 0.25) is 0 Å². The Morgan fingerprint density at radius 3 is 2.06 bits per heavy atom. The minimum Gasteiger partial charge on any atom is -0.481 e. The molecular formula is C14H28O4. The predicted molar refractivity (Wildman–Crippen MR) is 71.8 cm³/mol. The van der Waals surface area contributed by atoms with E-state index < -0.39 is 11.4 Å². The van der Waals surface area contributed by atoms with Crippen LogP contribution in [0.5, 0.6) is 0 Å². The van der Waals surface area contributed by atoms with E-state index in [0.29, 0.717) is 6.42 Å². The molecule has 0 aromatic heterocycles. The van der Waals surface area contributed by atoms with E-state index in [2.05, 4.69) is 0 Å². The smallest absolute Gasteiger partial charge is 0.314 e. The summed E-state index contributed by atoms with van der Waals surface area (Å²) < 4.78 is 11.3. The first-order valence-electron chi connectivity index (χ1n) is 6.68. The van der Waals surface area contributed by atoms with Crippen LogP contribution in [0.25, 0.3) is 0 Å². The van der Waals surface area contributed by atoms with Crippen molar-refractivity contribution in [1.82, 2.24) is 0 Å². The fourth-order valence-corrected chi connectivity index (χ4v) is 1.28. The van der Waals surface area contributed by atoms with E-state index in [1.54, 1.807) is 0 Å². The maximum atomic E-state index is 11.5. The third-order valence-corrected chi connectivity index (χ3v) is 3.41. The number of aliphatic carboxylic acids is 1. The van der Waals surface area contributed by atoms with Crippen molar-refractivity contribution >= 4 is 5.97 Å². The molecule has 0 radical (unpaired) electrons. The van der Waals surface area contributed by atoms with Gasteiger partial charge < -0.3 is 14.6 Å². The molecule has 0 aliphatic rings. The van der Waals surface area contributed by atoms with E-state index in [9.17, 15) is 9.90 Å². The van der Waals surface area contributed by atoms with E-state index in [4.69, 9.17) is 9.47 Å². The van der Waals surface area contributed by atoms with Crippen molar-refractivity contribution in [3.05, 3.63) is 0 Å². The zero-order valence-corrected chi connectivity index (χ0v) is 12.6. The molecule has 0 fully saturated rings. The number of hydrogen-bond acceptors (Lipinski definition) is 3. The molecule has 1 N–H and O–H groups in total. The summed E-state index contributed by atoms with van der Waals surface area (Å²) in [7, 11) is 0. The second-order valence-corrected chi connectivity index (χ2v) is 5.70. The third kappa shape index (κ3) is 5.36. The van der Waals surface area contributed by atoms with Crippen LogP contribution in [-0.4, -0.2) is 36.0 Å². The zero-order chi connectivity index (χ0) is 14.4. The summed E-state index contributed by atoms with van der Waals surface area (Å²) in [5.74, 6) is -0.849. The van der Waals surface area contributed by atoms with Gasteiger partial charge in [0.15, 0.2) is 0 Å². The van der Waals surface area contributed by atoms with Gasteiger partial charge in [-0.25, -0.2) is 0 Å². The Hall–Kier alpha value is -0.610. The van der Waals surface area contributed by atoms with Crippen LogP contribution in [0.15, 0.2) is 0 Å². The minimum atomic E-state index is -0.948. The standard InChI is InChI=1S/C14H28O4/c1-7-13(5,6)18-10-14(8-2,12(15)16)9-17-11(3)4/h11H,7-10H2,1-6H3,(H,15,16). The van der Waals surface area contributed by atoms with Crippen molar-refractivity contribution < 1.29 is 19.4 Å². The molecule has 0 aliphatic carbocycles. The molecule has 18 heavy (non-hydrogen) atoms. The van der Waals surface area contributed by atoms with Crippen molar-refractivity contribution in [3.8, 4) is 0 Å². The lowest BCUT2D eigenvalue weighted by Crippen LogP contribution is -2.43. The first kappa shape index (κ1) is 17.4. The van der Waals surface area contributed by atoms with Crippen LogP contribution < -0.4 is 0 Å². The van der Waals surface area contributed by atoms with Crippen molar-refractivity contribution in [2.24, 2.45) is 5.41 Å². The van der Waals surface area contributed by atoms with Crippen LogP contribution in [0.1, 0.15) is 54.4 Å². The van der Waals surface area contributed by atoms with E-state index in [1.807, 2.05) is 41.5 Å². The Morgan fingerprint density at radius 1 is 1.17 bits per heavy atom. The third-order valence-electron chi connectivity index (χ3n) is 3.41. The van der Waals surface area contributed by atoms with Gasteiger partial charge in [0.2, 0.25) is 0 Å². The molecule has 0 bridgehead atoms. The summed E-state index contributed by atoms with van der Waals surface area (Å²) in [6.45, 7) is 12.0. The van der Waals surface area contributed by atoms with E-state index in [-0.39, 0.29) is 24.9 Å². The lowest BCUT2D eigenvalue weighted by Gasteiger charge is -2.33. The number of ether oxygens (including phenoxy) is 2. The second-order valence-electron chi connectivity index (χ2n) is 5.70. The Bertz CT molecular complexity index is 261. The Labute approximate surface area is 111 Å². The molecule has 0 spiro atoms. The van der Waals surface area contributed by atoms with Gasteiger partial charge in [-0.05, 0) is 40.5 Å². The fraction of sp³-hybridized carbons (Fsp3) is 0.929. The zero-order valence-electron chi connectivity index (χ0n) is 12.6. The van der Waals surface area contributed by atoms with Gasteiger partial charge in [0.25, 0.3) is 0 Å². The highest BCUT2D eigenvalue weighted by molar-refractivity contribution is 5.75. The highest BCUT2D eigenvalue weighted by atomic mass is 16.5. The summed E-state index contributed by atoms with van der Waals surface area (Å²) in [5.41, 5.74) is -1.25. The second kappa shape index (κ2) is 7.10. The summed E-state index contributed by atoms with van der Waals surface area (Å²) in [5, 5.41) is 9.45. The van der Waals surface area contributed by atoms with Gasteiger partial charge in [0.05, 0.1) is 24.9 Å². The van der Waals surface area contributed by atoms with Crippen molar-refractivity contribution in [3.63, 3.8) is 0 Å². The minimum absolute atomic E-state index is 0.0226. The average molecular weight is 260 g/mol. The molecule has 1 atom stereocenters. The molecule has 1 unspecified atom stereocenters. The molecule has 0 aliphatic heterocycles. The van der Waals surface area contributed by atoms with E-state index >= 15 is 0 Å². The first-order chi connectivity index (χ1) is 8.19. The molecule has 0 aromatic rings.